The molecule has 0 heterocycles. The van der Waals surface area contributed by atoms with Crippen molar-refractivity contribution in [1.82, 2.24) is 5.32 Å². The second-order valence-electron chi connectivity index (χ2n) is 4.54. The van der Waals surface area contributed by atoms with Crippen LogP contribution in [-0.2, 0) is 4.79 Å². The molecule has 13 heavy (non-hydrogen) atoms. The zero-order valence-corrected chi connectivity index (χ0v) is 8.60. The van der Waals surface area contributed by atoms with Gasteiger partial charge < -0.3 is 11.1 Å². The van der Waals surface area contributed by atoms with Crippen molar-refractivity contribution >= 4 is 5.91 Å². The first-order valence-electron chi connectivity index (χ1n) is 5.07. The Bertz CT molecular complexity index is 183. The summed E-state index contributed by atoms with van der Waals surface area (Å²) in [6.45, 7) is 4.18. The van der Waals surface area contributed by atoms with Crippen molar-refractivity contribution in [2.45, 2.75) is 45.6 Å². The molecule has 0 aliphatic heterocycles. The van der Waals surface area contributed by atoms with E-state index < -0.39 is 5.41 Å². The number of hydrogen-bond acceptors (Lipinski definition) is 2. The van der Waals surface area contributed by atoms with E-state index in [0.29, 0.717) is 12.6 Å². The molecule has 1 saturated carbocycles. The van der Waals surface area contributed by atoms with E-state index in [1.165, 1.54) is 12.8 Å². The van der Waals surface area contributed by atoms with E-state index in [1.54, 1.807) is 0 Å². The molecule has 0 unspecified atom stereocenters. The molecular formula is C10H20N2O. The molecule has 76 valence electrons. The number of amides is 1. The monoisotopic (exact) mass is 184 g/mol. The van der Waals surface area contributed by atoms with Crippen LogP contribution in [0.3, 0.4) is 0 Å². The highest BCUT2D eigenvalue weighted by molar-refractivity contribution is 5.82. The van der Waals surface area contributed by atoms with Crippen LogP contribution in [0.15, 0.2) is 0 Å². The van der Waals surface area contributed by atoms with Crippen LogP contribution in [0.4, 0.5) is 0 Å². The van der Waals surface area contributed by atoms with Gasteiger partial charge in [0.2, 0.25) is 5.91 Å². The molecular weight excluding hydrogens is 164 g/mol. The van der Waals surface area contributed by atoms with Crippen LogP contribution in [0.25, 0.3) is 0 Å². The van der Waals surface area contributed by atoms with Crippen LogP contribution in [0, 0.1) is 5.41 Å². The van der Waals surface area contributed by atoms with Gasteiger partial charge >= 0.3 is 0 Å². The number of carbonyl (C=O) groups is 1. The van der Waals surface area contributed by atoms with Gasteiger partial charge in [-0.25, -0.2) is 0 Å². The van der Waals surface area contributed by atoms with Gasteiger partial charge in [-0.3, -0.25) is 4.79 Å². The van der Waals surface area contributed by atoms with Crippen molar-refractivity contribution in [2.75, 3.05) is 6.54 Å². The summed E-state index contributed by atoms with van der Waals surface area (Å²) in [5, 5.41) is 3.05. The third-order valence-electron chi connectivity index (χ3n) is 2.82. The zero-order valence-electron chi connectivity index (χ0n) is 8.60. The van der Waals surface area contributed by atoms with Crippen molar-refractivity contribution in [3.05, 3.63) is 0 Å². The predicted molar refractivity (Wildman–Crippen MR) is 53.2 cm³/mol. The summed E-state index contributed by atoms with van der Waals surface area (Å²) in [5.74, 6) is 0.0990. The standard InChI is InChI=1S/C10H20N2O/c1-10(2,7-11)9(13)12-8-5-3-4-6-8/h8H,3-7,11H2,1-2H3,(H,12,13). The van der Waals surface area contributed by atoms with Crippen molar-refractivity contribution < 1.29 is 4.79 Å². The first kappa shape index (κ1) is 10.5. The van der Waals surface area contributed by atoms with Crippen LogP contribution in [0.2, 0.25) is 0 Å². The molecule has 0 saturated heterocycles. The Morgan fingerprint density at radius 3 is 2.46 bits per heavy atom. The van der Waals surface area contributed by atoms with Crippen LogP contribution in [0.5, 0.6) is 0 Å². The maximum absolute atomic E-state index is 11.7. The average molecular weight is 184 g/mol. The maximum Gasteiger partial charge on any atom is 0.227 e. The largest absolute Gasteiger partial charge is 0.353 e. The Hall–Kier alpha value is -0.570. The Labute approximate surface area is 80.1 Å². The number of carbonyl (C=O) groups excluding carboxylic acids is 1. The number of nitrogens with one attached hydrogen (secondary N) is 1. The van der Waals surface area contributed by atoms with Crippen molar-refractivity contribution in [3.8, 4) is 0 Å². The molecule has 1 rings (SSSR count). The summed E-state index contributed by atoms with van der Waals surface area (Å²) in [4.78, 5) is 11.7. The molecule has 0 aromatic carbocycles. The summed E-state index contributed by atoms with van der Waals surface area (Å²) in [5.41, 5.74) is 5.11. The molecule has 1 fully saturated rings. The second-order valence-corrected chi connectivity index (χ2v) is 4.54. The van der Waals surface area contributed by atoms with E-state index in [1.807, 2.05) is 13.8 Å². The molecule has 0 bridgehead atoms. The molecule has 0 spiro atoms. The van der Waals surface area contributed by atoms with Gasteiger partial charge in [-0.15, -0.1) is 0 Å². The predicted octanol–water partition coefficient (Wildman–Crippen LogP) is 1.03. The molecule has 1 aliphatic carbocycles. The highest BCUT2D eigenvalue weighted by Gasteiger charge is 2.28. The van der Waals surface area contributed by atoms with E-state index in [-0.39, 0.29) is 5.91 Å². The molecule has 0 radical (unpaired) electrons. The summed E-state index contributed by atoms with van der Waals surface area (Å²) in [7, 11) is 0. The normalized spacial score (nSPS) is 19.0. The summed E-state index contributed by atoms with van der Waals surface area (Å²) in [6.07, 6.45) is 4.75. The summed E-state index contributed by atoms with van der Waals surface area (Å²) >= 11 is 0. The summed E-state index contributed by atoms with van der Waals surface area (Å²) in [6, 6.07) is 0.401. The second kappa shape index (κ2) is 4.09. The van der Waals surface area contributed by atoms with Gasteiger partial charge in [-0.2, -0.15) is 0 Å². The maximum atomic E-state index is 11.7. The lowest BCUT2D eigenvalue weighted by atomic mass is 9.92. The fourth-order valence-electron chi connectivity index (χ4n) is 1.54. The van der Waals surface area contributed by atoms with Crippen LogP contribution in [0.1, 0.15) is 39.5 Å². The minimum absolute atomic E-state index is 0.0990. The Morgan fingerprint density at radius 2 is 2.00 bits per heavy atom. The number of nitrogens with two attached hydrogens (primary N) is 1. The van der Waals surface area contributed by atoms with Gasteiger partial charge in [-0.1, -0.05) is 12.8 Å². The average Bonchev–Trinajstić information content (AvgIpc) is 2.57. The number of rotatable bonds is 3. The van der Waals surface area contributed by atoms with Gasteiger partial charge in [-0.05, 0) is 26.7 Å². The van der Waals surface area contributed by atoms with Crippen LogP contribution >= 0.6 is 0 Å². The molecule has 0 aromatic rings. The molecule has 1 amide bonds. The Kier molecular flexibility index (Phi) is 3.31. The SMILES string of the molecule is CC(C)(CN)C(=O)NC1CCCC1. The third kappa shape index (κ3) is 2.69. The zero-order chi connectivity index (χ0) is 9.90. The highest BCUT2D eigenvalue weighted by atomic mass is 16.2. The van der Waals surface area contributed by atoms with Crippen molar-refractivity contribution in [2.24, 2.45) is 11.1 Å². The van der Waals surface area contributed by atoms with E-state index in [9.17, 15) is 4.79 Å². The van der Waals surface area contributed by atoms with Crippen molar-refractivity contribution in [1.29, 1.82) is 0 Å². The lowest BCUT2D eigenvalue weighted by Gasteiger charge is -2.23. The van der Waals surface area contributed by atoms with E-state index >= 15 is 0 Å². The number of hydrogen-bond donors (Lipinski definition) is 2. The first-order valence-corrected chi connectivity index (χ1v) is 5.07. The van der Waals surface area contributed by atoms with E-state index in [0.717, 1.165) is 12.8 Å². The fraction of sp³-hybridized carbons (Fsp3) is 0.900. The third-order valence-corrected chi connectivity index (χ3v) is 2.82. The summed E-state index contributed by atoms with van der Waals surface area (Å²) < 4.78 is 0. The van der Waals surface area contributed by atoms with Gasteiger partial charge in [0.05, 0.1) is 5.41 Å². The Balaban J connectivity index is 2.39. The van der Waals surface area contributed by atoms with Gasteiger partial charge in [0.1, 0.15) is 0 Å². The van der Waals surface area contributed by atoms with E-state index in [4.69, 9.17) is 5.73 Å². The van der Waals surface area contributed by atoms with Crippen LogP contribution < -0.4 is 11.1 Å². The molecule has 3 N–H and O–H groups in total. The molecule has 0 aromatic heterocycles. The first-order chi connectivity index (χ1) is 6.06. The molecule has 3 heteroatoms. The van der Waals surface area contributed by atoms with Gasteiger partial charge in [0.15, 0.2) is 0 Å². The minimum Gasteiger partial charge on any atom is -0.353 e. The van der Waals surface area contributed by atoms with Gasteiger partial charge in [0.25, 0.3) is 0 Å². The van der Waals surface area contributed by atoms with Crippen LogP contribution in [-0.4, -0.2) is 18.5 Å². The van der Waals surface area contributed by atoms with Gasteiger partial charge in [0, 0.05) is 12.6 Å². The minimum atomic E-state index is -0.414. The smallest absolute Gasteiger partial charge is 0.227 e. The molecule has 3 nitrogen and oxygen atoms in total. The fourth-order valence-corrected chi connectivity index (χ4v) is 1.54. The lowest BCUT2D eigenvalue weighted by molar-refractivity contribution is -0.129. The quantitative estimate of drug-likeness (QED) is 0.688. The Morgan fingerprint density at radius 1 is 1.46 bits per heavy atom. The topological polar surface area (TPSA) is 55.1 Å². The van der Waals surface area contributed by atoms with Crippen molar-refractivity contribution in [3.63, 3.8) is 0 Å². The lowest BCUT2D eigenvalue weighted by Crippen LogP contribution is -2.45. The highest BCUT2D eigenvalue weighted by Crippen LogP contribution is 2.20. The molecule has 1 aliphatic rings. The molecule has 0 atom stereocenters. The van der Waals surface area contributed by atoms with E-state index in [2.05, 4.69) is 5.32 Å².